The molecule has 2 N–H and O–H groups in total. The molecule has 1 saturated heterocycles. The van der Waals surface area contributed by atoms with Gasteiger partial charge < -0.3 is 10.6 Å². The minimum Gasteiger partial charge on any atom is -0.330 e. The van der Waals surface area contributed by atoms with Gasteiger partial charge in [-0.25, -0.2) is 0 Å². The highest BCUT2D eigenvalue weighted by molar-refractivity contribution is 7.99. The fraction of sp³-hybridized carbons (Fsp3) is 1.00. The van der Waals surface area contributed by atoms with Crippen molar-refractivity contribution in [1.29, 1.82) is 0 Å². The topological polar surface area (TPSA) is 29.3 Å². The number of hydrogen-bond acceptors (Lipinski definition) is 3. The summed E-state index contributed by atoms with van der Waals surface area (Å²) in [6.07, 6.45) is 5.57. The summed E-state index contributed by atoms with van der Waals surface area (Å²) >= 11 is 2.13. The Balaban J connectivity index is 1.87. The van der Waals surface area contributed by atoms with E-state index in [1.54, 1.807) is 0 Å². The molecule has 3 unspecified atom stereocenters. The predicted octanol–water partition coefficient (Wildman–Crippen LogP) is 2.19. The first-order chi connectivity index (χ1) is 7.85. The van der Waals surface area contributed by atoms with Crippen LogP contribution in [0.25, 0.3) is 0 Å². The van der Waals surface area contributed by atoms with E-state index in [-0.39, 0.29) is 0 Å². The maximum atomic E-state index is 5.89. The van der Waals surface area contributed by atoms with Gasteiger partial charge in [0.15, 0.2) is 0 Å². The summed E-state index contributed by atoms with van der Waals surface area (Å²) in [6, 6.07) is 0.792. The van der Waals surface area contributed by atoms with Crippen LogP contribution in [0.15, 0.2) is 0 Å². The first-order valence-corrected chi connectivity index (χ1v) is 8.02. The van der Waals surface area contributed by atoms with Crippen LogP contribution < -0.4 is 5.73 Å². The van der Waals surface area contributed by atoms with Gasteiger partial charge in [0.25, 0.3) is 0 Å². The second-order valence-electron chi connectivity index (χ2n) is 5.31. The van der Waals surface area contributed by atoms with Crippen LogP contribution >= 0.6 is 11.8 Å². The van der Waals surface area contributed by atoms with Crippen LogP contribution in [0.5, 0.6) is 0 Å². The molecule has 3 heteroatoms. The number of nitrogens with two attached hydrogens (primary N) is 1. The molecule has 0 radical (unpaired) electrons. The molecule has 0 bridgehead atoms. The van der Waals surface area contributed by atoms with Crippen LogP contribution in [0.1, 0.15) is 32.6 Å². The van der Waals surface area contributed by atoms with Crippen molar-refractivity contribution in [2.45, 2.75) is 38.6 Å². The zero-order valence-electron chi connectivity index (χ0n) is 10.5. The summed E-state index contributed by atoms with van der Waals surface area (Å²) in [5, 5.41) is 0. The van der Waals surface area contributed by atoms with Gasteiger partial charge in [-0.2, -0.15) is 11.8 Å². The van der Waals surface area contributed by atoms with E-state index in [1.165, 1.54) is 50.3 Å². The summed E-state index contributed by atoms with van der Waals surface area (Å²) in [6.45, 7) is 5.74. The summed E-state index contributed by atoms with van der Waals surface area (Å²) in [4.78, 5) is 2.72. The zero-order valence-corrected chi connectivity index (χ0v) is 11.3. The minimum absolute atomic E-state index is 0.772. The molecular formula is C13H26N2S. The maximum Gasteiger partial charge on any atom is 0.0136 e. The number of nitrogens with zero attached hydrogens (tertiary/aromatic N) is 1. The van der Waals surface area contributed by atoms with Crippen LogP contribution in [0.4, 0.5) is 0 Å². The van der Waals surface area contributed by atoms with Gasteiger partial charge in [-0.1, -0.05) is 13.3 Å². The lowest BCUT2D eigenvalue weighted by molar-refractivity contribution is 0.150. The second-order valence-corrected chi connectivity index (χ2v) is 6.46. The lowest BCUT2D eigenvalue weighted by Gasteiger charge is -2.33. The van der Waals surface area contributed by atoms with E-state index >= 15 is 0 Å². The molecule has 2 fully saturated rings. The molecule has 3 atom stereocenters. The van der Waals surface area contributed by atoms with Crippen molar-refractivity contribution in [2.24, 2.45) is 17.6 Å². The molecular weight excluding hydrogens is 216 g/mol. The molecule has 1 aliphatic carbocycles. The number of rotatable bonds is 5. The van der Waals surface area contributed by atoms with E-state index in [4.69, 9.17) is 5.73 Å². The quantitative estimate of drug-likeness (QED) is 0.801. The maximum absolute atomic E-state index is 5.89. The highest BCUT2D eigenvalue weighted by Crippen LogP contribution is 2.31. The van der Waals surface area contributed by atoms with E-state index in [0.717, 1.165) is 24.4 Å². The average molecular weight is 242 g/mol. The fourth-order valence-corrected chi connectivity index (χ4v) is 4.60. The van der Waals surface area contributed by atoms with Crippen molar-refractivity contribution in [3.8, 4) is 0 Å². The molecule has 2 aliphatic rings. The average Bonchev–Trinajstić information content (AvgIpc) is 2.96. The van der Waals surface area contributed by atoms with E-state index in [0.29, 0.717) is 0 Å². The molecule has 16 heavy (non-hydrogen) atoms. The summed E-state index contributed by atoms with van der Waals surface area (Å²) in [5.74, 6) is 4.49. The Bertz CT molecular complexity index is 204. The molecule has 94 valence electrons. The fourth-order valence-electron chi connectivity index (χ4n) is 3.33. The van der Waals surface area contributed by atoms with Gasteiger partial charge in [0, 0.05) is 12.6 Å². The highest BCUT2D eigenvalue weighted by Gasteiger charge is 2.31. The molecule has 0 aromatic heterocycles. The van der Waals surface area contributed by atoms with Crippen molar-refractivity contribution in [1.82, 2.24) is 4.90 Å². The largest absolute Gasteiger partial charge is 0.330 e. The summed E-state index contributed by atoms with van der Waals surface area (Å²) in [5.41, 5.74) is 5.89. The van der Waals surface area contributed by atoms with E-state index in [9.17, 15) is 0 Å². The Labute approximate surface area is 104 Å². The SMILES string of the molecule is CCN(CC1CCSC1)C1CCCC1CN. The van der Waals surface area contributed by atoms with E-state index in [2.05, 4.69) is 23.6 Å². The Morgan fingerprint density at radius 2 is 2.19 bits per heavy atom. The van der Waals surface area contributed by atoms with Gasteiger partial charge in [0.05, 0.1) is 0 Å². The van der Waals surface area contributed by atoms with Crippen LogP contribution in [-0.2, 0) is 0 Å². The first-order valence-electron chi connectivity index (χ1n) is 6.87. The van der Waals surface area contributed by atoms with Crippen LogP contribution in [0.2, 0.25) is 0 Å². The normalized spacial score (nSPS) is 35.1. The Kier molecular flexibility index (Phi) is 4.98. The predicted molar refractivity (Wildman–Crippen MR) is 72.9 cm³/mol. The van der Waals surface area contributed by atoms with Crippen molar-refractivity contribution in [2.75, 3.05) is 31.1 Å². The zero-order chi connectivity index (χ0) is 11.4. The molecule has 1 heterocycles. The third kappa shape index (κ3) is 2.93. The van der Waals surface area contributed by atoms with Crippen LogP contribution in [-0.4, -0.2) is 42.1 Å². The smallest absolute Gasteiger partial charge is 0.0136 e. The number of thioether (sulfide) groups is 1. The van der Waals surface area contributed by atoms with Gasteiger partial charge in [0.1, 0.15) is 0 Å². The van der Waals surface area contributed by atoms with Gasteiger partial charge in [-0.05, 0) is 55.7 Å². The van der Waals surface area contributed by atoms with Gasteiger partial charge >= 0.3 is 0 Å². The monoisotopic (exact) mass is 242 g/mol. The van der Waals surface area contributed by atoms with Crippen LogP contribution in [0, 0.1) is 11.8 Å². The molecule has 2 nitrogen and oxygen atoms in total. The van der Waals surface area contributed by atoms with Crippen LogP contribution in [0.3, 0.4) is 0 Å². The molecule has 1 saturated carbocycles. The van der Waals surface area contributed by atoms with Gasteiger partial charge in [-0.3, -0.25) is 0 Å². The minimum atomic E-state index is 0.772. The third-order valence-electron chi connectivity index (χ3n) is 4.31. The van der Waals surface area contributed by atoms with Crippen molar-refractivity contribution < 1.29 is 0 Å². The molecule has 1 aliphatic heterocycles. The van der Waals surface area contributed by atoms with Crippen molar-refractivity contribution in [3.05, 3.63) is 0 Å². The van der Waals surface area contributed by atoms with Crippen molar-refractivity contribution in [3.63, 3.8) is 0 Å². The lowest BCUT2D eigenvalue weighted by atomic mass is 10.00. The second kappa shape index (κ2) is 6.27. The lowest BCUT2D eigenvalue weighted by Crippen LogP contribution is -2.42. The Morgan fingerprint density at radius 3 is 2.81 bits per heavy atom. The molecule has 0 amide bonds. The first kappa shape index (κ1) is 12.7. The highest BCUT2D eigenvalue weighted by atomic mass is 32.2. The van der Waals surface area contributed by atoms with Gasteiger partial charge in [-0.15, -0.1) is 0 Å². The summed E-state index contributed by atoms with van der Waals surface area (Å²) < 4.78 is 0. The third-order valence-corrected chi connectivity index (χ3v) is 5.55. The number of hydrogen-bond donors (Lipinski definition) is 1. The van der Waals surface area contributed by atoms with Gasteiger partial charge in [0.2, 0.25) is 0 Å². The summed E-state index contributed by atoms with van der Waals surface area (Å²) in [7, 11) is 0. The molecule has 2 rings (SSSR count). The Hall–Kier alpha value is 0.270. The standard InChI is InChI=1S/C13H26N2S/c1-2-15(9-11-6-7-16-10-11)13-5-3-4-12(13)8-14/h11-13H,2-10,14H2,1H3. The van der Waals surface area contributed by atoms with E-state index in [1.807, 2.05) is 0 Å². The van der Waals surface area contributed by atoms with Crippen molar-refractivity contribution >= 4 is 11.8 Å². The van der Waals surface area contributed by atoms with E-state index < -0.39 is 0 Å². The Morgan fingerprint density at radius 1 is 1.31 bits per heavy atom. The molecule has 0 aromatic carbocycles. The molecule has 0 aromatic rings. The molecule has 0 spiro atoms.